The highest BCUT2D eigenvalue weighted by Gasteiger charge is 1.99. The summed E-state index contributed by atoms with van der Waals surface area (Å²) in [5.74, 6) is 1.71. The average molecular weight is 283 g/mol. The van der Waals surface area contributed by atoms with Crippen LogP contribution in [0.25, 0.3) is 0 Å². The Morgan fingerprint density at radius 3 is 2.62 bits per heavy atom. The largest absolute Gasteiger partial charge is 0.502 e. The van der Waals surface area contributed by atoms with Crippen LogP contribution in [-0.2, 0) is 11.3 Å². The maximum atomic E-state index is 5.82. The van der Waals surface area contributed by atoms with Gasteiger partial charge in [0, 0.05) is 6.54 Å². The Morgan fingerprint density at radius 2 is 1.81 bits per heavy atom. The van der Waals surface area contributed by atoms with Gasteiger partial charge in [-0.15, -0.1) is 0 Å². The van der Waals surface area contributed by atoms with Crippen LogP contribution in [-0.4, -0.2) is 13.2 Å². The lowest BCUT2D eigenvalue weighted by molar-refractivity contribution is 0.244. The van der Waals surface area contributed by atoms with E-state index in [1.54, 1.807) is 0 Å². The van der Waals surface area contributed by atoms with E-state index in [1.165, 1.54) is 11.8 Å². The Hall–Kier alpha value is -2.26. The van der Waals surface area contributed by atoms with Crippen molar-refractivity contribution in [3.8, 4) is 11.5 Å². The van der Waals surface area contributed by atoms with Crippen molar-refractivity contribution < 1.29 is 9.47 Å². The number of hydrogen-bond donors (Lipinski definition) is 1. The molecule has 110 valence electrons. The number of ether oxygens (including phenoxy) is 2. The highest BCUT2D eigenvalue weighted by molar-refractivity contribution is 5.33. The van der Waals surface area contributed by atoms with Crippen molar-refractivity contribution in [2.45, 2.75) is 13.0 Å². The molecular weight excluding hydrogens is 262 g/mol. The fourth-order valence-corrected chi connectivity index (χ4v) is 1.94. The molecule has 21 heavy (non-hydrogen) atoms. The molecule has 2 aromatic rings. The third kappa shape index (κ3) is 5.71. The van der Waals surface area contributed by atoms with Crippen LogP contribution >= 0.6 is 0 Å². The van der Waals surface area contributed by atoms with Gasteiger partial charge < -0.3 is 14.8 Å². The molecule has 0 amide bonds. The second kappa shape index (κ2) is 8.82. The van der Waals surface area contributed by atoms with E-state index < -0.39 is 0 Å². The fourth-order valence-electron chi connectivity index (χ4n) is 1.94. The zero-order chi connectivity index (χ0) is 14.8. The predicted molar refractivity (Wildman–Crippen MR) is 85.4 cm³/mol. The molecule has 0 saturated carbocycles. The quantitative estimate of drug-likeness (QED) is 0.554. The van der Waals surface area contributed by atoms with Gasteiger partial charge in [-0.1, -0.05) is 36.9 Å². The van der Waals surface area contributed by atoms with Gasteiger partial charge in [-0.05, 0) is 42.8 Å². The molecule has 0 aliphatic carbocycles. The van der Waals surface area contributed by atoms with Gasteiger partial charge in [-0.3, -0.25) is 0 Å². The Kier molecular flexibility index (Phi) is 6.36. The van der Waals surface area contributed by atoms with Crippen LogP contribution < -0.4 is 10.1 Å². The highest BCUT2D eigenvalue weighted by Crippen LogP contribution is 2.21. The second-order valence-corrected chi connectivity index (χ2v) is 4.63. The highest BCUT2D eigenvalue weighted by atomic mass is 16.5. The molecule has 0 atom stereocenters. The van der Waals surface area contributed by atoms with Crippen molar-refractivity contribution in [2.75, 3.05) is 13.2 Å². The lowest BCUT2D eigenvalue weighted by atomic mass is 10.2. The Bertz CT molecular complexity index is 540. The number of hydrogen-bond acceptors (Lipinski definition) is 3. The Balaban J connectivity index is 1.79. The average Bonchev–Trinajstić information content (AvgIpc) is 2.52. The summed E-state index contributed by atoms with van der Waals surface area (Å²) in [7, 11) is 0. The van der Waals surface area contributed by atoms with Crippen LogP contribution in [0.4, 0.5) is 0 Å². The standard InChI is InChI=1S/C18H21NO2/c1-2-20-13-7-12-19-15-16-8-6-11-18(14-16)21-17-9-4-3-5-10-17/h2-6,8-11,14,19H,1,7,12-13,15H2. The third-order valence-electron chi connectivity index (χ3n) is 2.94. The van der Waals surface area contributed by atoms with Crippen molar-refractivity contribution in [3.05, 3.63) is 73.0 Å². The monoisotopic (exact) mass is 283 g/mol. The van der Waals surface area contributed by atoms with Crippen LogP contribution in [0, 0.1) is 0 Å². The lowest BCUT2D eigenvalue weighted by Crippen LogP contribution is -2.15. The summed E-state index contributed by atoms with van der Waals surface area (Å²) < 4.78 is 10.9. The van der Waals surface area contributed by atoms with E-state index in [1.807, 2.05) is 42.5 Å². The van der Waals surface area contributed by atoms with Crippen molar-refractivity contribution >= 4 is 0 Å². The van der Waals surface area contributed by atoms with Crippen LogP contribution in [0.15, 0.2) is 67.4 Å². The summed E-state index contributed by atoms with van der Waals surface area (Å²) >= 11 is 0. The van der Waals surface area contributed by atoms with Crippen LogP contribution in [0.1, 0.15) is 12.0 Å². The summed E-state index contributed by atoms with van der Waals surface area (Å²) in [6.45, 7) is 5.95. The van der Waals surface area contributed by atoms with Gasteiger partial charge >= 0.3 is 0 Å². The minimum absolute atomic E-state index is 0.702. The van der Waals surface area contributed by atoms with E-state index >= 15 is 0 Å². The first kappa shape index (κ1) is 15.1. The van der Waals surface area contributed by atoms with Gasteiger partial charge in [-0.25, -0.2) is 0 Å². The summed E-state index contributed by atoms with van der Waals surface area (Å²) in [5, 5.41) is 3.38. The molecule has 0 fully saturated rings. The molecular formula is C18H21NO2. The molecule has 0 saturated heterocycles. The molecule has 0 spiro atoms. The van der Waals surface area contributed by atoms with Crippen molar-refractivity contribution in [1.82, 2.24) is 5.32 Å². The van der Waals surface area contributed by atoms with Crippen molar-refractivity contribution in [1.29, 1.82) is 0 Å². The molecule has 0 aromatic heterocycles. The van der Waals surface area contributed by atoms with Crippen molar-refractivity contribution in [3.63, 3.8) is 0 Å². The van der Waals surface area contributed by atoms with Gasteiger partial charge in [0.25, 0.3) is 0 Å². The zero-order valence-corrected chi connectivity index (χ0v) is 12.1. The predicted octanol–water partition coefficient (Wildman–Crippen LogP) is 4.12. The first-order chi connectivity index (χ1) is 10.4. The van der Waals surface area contributed by atoms with E-state index in [0.29, 0.717) is 6.61 Å². The minimum atomic E-state index is 0.702. The molecule has 2 aromatic carbocycles. The van der Waals surface area contributed by atoms with Crippen molar-refractivity contribution in [2.24, 2.45) is 0 Å². The first-order valence-corrected chi connectivity index (χ1v) is 7.13. The summed E-state index contributed by atoms with van der Waals surface area (Å²) in [5.41, 5.74) is 1.20. The molecule has 0 radical (unpaired) electrons. The van der Waals surface area contributed by atoms with E-state index in [-0.39, 0.29) is 0 Å². The van der Waals surface area contributed by atoms with E-state index in [4.69, 9.17) is 9.47 Å². The molecule has 0 aliphatic heterocycles. The Morgan fingerprint density at radius 1 is 1.00 bits per heavy atom. The van der Waals surface area contributed by atoms with Gasteiger partial charge in [0.15, 0.2) is 0 Å². The molecule has 0 aliphatic rings. The van der Waals surface area contributed by atoms with Gasteiger partial charge in [-0.2, -0.15) is 0 Å². The van der Waals surface area contributed by atoms with Crippen LogP contribution in [0.5, 0.6) is 11.5 Å². The van der Waals surface area contributed by atoms with Crippen LogP contribution in [0.2, 0.25) is 0 Å². The number of nitrogens with one attached hydrogen (secondary N) is 1. The SMILES string of the molecule is C=COCCCNCc1cccc(Oc2ccccc2)c1. The number of rotatable bonds is 9. The molecule has 1 N–H and O–H groups in total. The van der Waals surface area contributed by atoms with E-state index in [9.17, 15) is 0 Å². The second-order valence-electron chi connectivity index (χ2n) is 4.63. The third-order valence-corrected chi connectivity index (χ3v) is 2.94. The maximum absolute atomic E-state index is 5.82. The zero-order valence-electron chi connectivity index (χ0n) is 12.1. The first-order valence-electron chi connectivity index (χ1n) is 7.13. The summed E-state index contributed by atoms with van der Waals surface area (Å²) in [6, 6.07) is 17.9. The number of benzene rings is 2. The van der Waals surface area contributed by atoms with E-state index in [0.717, 1.165) is 31.0 Å². The Labute approximate surface area is 126 Å². The molecule has 0 unspecified atom stereocenters. The van der Waals surface area contributed by atoms with Gasteiger partial charge in [0.2, 0.25) is 0 Å². The molecule has 3 nitrogen and oxygen atoms in total. The number of para-hydroxylation sites is 1. The molecule has 0 heterocycles. The lowest BCUT2D eigenvalue weighted by Gasteiger charge is -2.08. The normalized spacial score (nSPS) is 10.1. The summed E-state index contributed by atoms with van der Waals surface area (Å²) in [4.78, 5) is 0. The smallest absolute Gasteiger partial charge is 0.127 e. The summed E-state index contributed by atoms with van der Waals surface area (Å²) in [6.07, 6.45) is 2.44. The topological polar surface area (TPSA) is 30.5 Å². The van der Waals surface area contributed by atoms with E-state index in [2.05, 4.69) is 24.0 Å². The molecule has 0 bridgehead atoms. The van der Waals surface area contributed by atoms with Gasteiger partial charge in [0.1, 0.15) is 11.5 Å². The minimum Gasteiger partial charge on any atom is -0.502 e. The maximum Gasteiger partial charge on any atom is 0.127 e. The van der Waals surface area contributed by atoms with Gasteiger partial charge in [0.05, 0.1) is 12.9 Å². The molecule has 2 rings (SSSR count). The molecule has 3 heteroatoms. The van der Waals surface area contributed by atoms with Crippen LogP contribution in [0.3, 0.4) is 0 Å². The fraction of sp³-hybridized carbons (Fsp3) is 0.222.